The molecule has 0 heterocycles. The summed E-state index contributed by atoms with van der Waals surface area (Å²) in [6.07, 6.45) is 10.8. The molecule has 0 aliphatic carbocycles. The van der Waals surface area contributed by atoms with Gasteiger partial charge in [-0.1, -0.05) is 49.3 Å². The summed E-state index contributed by atoms with van der Waals surface area (Å²) in [5.41, 5.74) is 1.80. The van der Waals surface area contributed by atoms with Crippen molar-refractivity contribution in [3.05, 3.63) is 60.7 Å². The van der Waals surface area contributed by atoms with Crippen LogP contribution >= 0.6 is 0 Å². The van der Waals surface area contributed by atoms with E-state index in [1.807, 2.05) is 30.3 Å². The van der Waals surface area contributed by atoms with Gasteiger partial charge in [0, 0.05) is 12.0 Å². The first-order valence-corrected chi connectivity index (χ1v) is 9.63. The quantitative estimate of drug-likeness (QED) is 0.186. The van der Waals surface area contributed by atoms with Crippen LogP contribution in [0.2, 0.25) is 0 Å². The van der Waals surface area contributed by atoms with E-state index in [9.17, 15) is 9.59 Å². The standard InChI is InChI=1S/C23H32O3/c1-4-7-8-9-10-11-15-19-16-12-13-17-21(19)22(24)18-20(14-5-2)23(25)26-6-3/h4-5,12-13,16-17,20H,1-2,6-11,14-15,18H2,3H3/t20-/m1/s1. The predicted octanol–water partition coefficient (Wildman–Crippen LogP) is 5.69. The summed E-state index contributed by atoms with van der Waals surface area (Å²) in [4.78, 5) is 24.8. The Labute approximate surface area is 158 Å². The fraction of sp³-hybridized carbons (Fsp3) is 0.478. The summed E-state index contributed by atoms with van der Waals surface area (Å²) >= 11 is 0. The maximum atomic E-state index is 12.8. The number of benzene rings is 1. The number of carbonyl (C=O) groups is 2. The molecule has 0 saturated heterocycles. The first-order valence-electron chi connectivity index (χ1n) is 9.63. The van der Waals surface area contributed by atoms with Crippen LogP contribution in [0.5, 0.6) is 0 Å². The van der Waals surface area contributed by atoms with Crippen molar-refractivity contribution in [2.24, 2.45) is 5.92 Å². The zero-order chi connectivity index (χ0) is 19.2. The predicted molar refractivity (Wildman–Crippen MR) is 107 cm³/mol. The molecule has 0 bridgehead atoms. The van der Waals surface area contributed by atoms with E-state index in [1.54, 1.807) is 13.0 Å². The highest BCUT2D eigenvalue weighted by Gasteiger charge is 2.23. The molecule has 0 spiro atoms. The van der Waals surface area contributed by atoms with Crippen LogP contribution in [-0.2, 0) is 16.0 Å². The molecule has 3 heteroatoms. The normalized spacial score (nSPS) is 11.6. The van der Waals surface area contributed by atoms with Crippen LogP contribution in [0.15, 0.2) is 49.6 Å². The van der Waals surface area contributed by atoms with Gasteiger partial charge in [-0.2, -0.15) is 0 Å². The second kappa shape index (κ2) is 13.1. The minimum atomic E-state index is -0.452. The van der Waals surface area contributed by atoms with Crippen molar-refractivity contribution < 1.29 is 14.3 Å². The average molecular weight is 357 g/mol. The maximum absolute atomic E-state index is 12.8. The molecule has 142 valence electrons. The Hall–Kier alpha value is -2.16. The number of ketones is 1. The van der Waals surface area contributed by atoms with E-state index >= 15 is 0 Å². The highest BCUT2D eigenvalue weighted by Crippen LogP contribution is 2.20. The van der Waals surface area contributed by atoms with E-state index in [0.717, 1.165) is 36.8 Å². The number of aryl methyl sites for hydroxylation is 1. The Morgan fingerprint density at radius 1 is 1.08 bits per heavy atom. The summed E-state index contributed by atoms with van der Waals surface area (Å²) in [7, 11) is 0. The third-order valence-corrected chi connectivity index (χ3v) is 4.43. The van der Waals surface area contributed by atoms with Crippen molar-refractivity contribution in [2.45, 2.75) is 58.3 Å². The number of unbranched alkanes of at least 4 members (excludes halogenated alkanes) is 4. The van der Waals surface area contributed by atoms with Gasteiger partial charge in [0.05, 0.1) is 12.5 Å². The van der Waals surface area contributed by atoms with Gasteiger partial charge in [-0.15, -0.1) is 13.2 Å². The Bertz CT molecular complexity index is 589. The molecule has 3 nitrogen and oxygen atoms in total. The molecule has 1 aromatic carbocycles. The molecule has 0 unspecified atom stereocenters. The van der Waals surface area contributed by atoms with Crippen molar-refractivity contribution in [1.29, 1.82) is 0 Å². The SMILES string of the molecule is C=CCCCCCCc1ccccc1C(=O)C[C@@H](CC=C)C(=O)OCC. The Morgan fingerprint density at radius 2 is 1.81 bits per heavy atom. The van der Waals surface area contributed by atoms with Crippen molar-refractivity contribution in [3.8, 4) is 0 Å². The van der Waals surface area contributed by atoms with Gasteiger partial charge in [-0.05, 0) is 44.6 Å². The molecule has 0 fully saturated rings. The average Bonchev–Trinajstić information content (AvgIpc) is 2.64. The molecule has 0 aliphatic rings. The second-order valence-corrected chi connectivity index (χ2v) is 6.50. The number of Topliss-reactive ketones (excluding diaryl/α,β-unsaturated/α-hetero) is 1. The fourth-order valence-corrected chi connectivity index (χ4v) is 3.03. The maximum Gasteiger partial charge on any atom is 0.309 e. The lowest BCUT2D eigenvalue weighted by atomic mass is 9.91. The van der Waals surface area contributed by atoms with Gasteiger partial charge in [-0.3, -0.25) is 9.59 Å². The van der Waals surface area contributed by atoms with Gasteiger partial charge in [-0.25, -0.2) is 0 Å². The summed E-state index contributed by atoms with van der Waals surface area (Å²) in [5, 5.41) is 0. The lowest BCUT2D eigenvalue weighted by Gasteiger charge is -2.14. The van der Waals surface area contributed by atoms with Crippen LogP contribution < -0.4 is 0 Å². The van der Waals surface area contributed by atoms with Crippen LogP contribution in [0.25, 0.3) is 0 Å². The molecular formula is C23H32O3. The van der Waals surface area contributed by atoms with E-state index in [4.69, 9.17) is 4.74 Å². The third-order valence-electron chi connectivity index (χ3n) is 4.43. The number of carbonyl (C=O) groups excluding carboxylic acids is 2. The molecule has 1 atom stereocenters. The minimum absolute atomic E-state index is 0.00663. The van der Waals surface area contributed by atoms with Gasteiger partial charge in [0.2, 0.25) is 0 Å². The number of rotatable bonds is 14. The lowest BCUT2D eigenvalue weighted by Crippen LogP contribution is -2.21. The Morgan fingerprint density at radius 3 is 2.50 bits per heavy atom. The largest absolute Gasteiger partial charge is 0.466 e. The summed E-state index contributed by atoms with van der Waals surface area (Å²) < 4.78 is 5.09. The first kappa shape index (κ1) is 21.9. The summed E-state index contributed by atoms with van der Waals surface area (Å²) in [6, 6.07) is 7.74. The van der Waals surface area contributed by atoms with E-state index in [-0.39, 0.29) is 18.2 Å². The molecule has 26 heavy (non-hydrogen) atoms. The monoisotopic (exact) mass is 356 g/mol. The van der Waals surface area contributed by atoms with Gasteiger partial charge in [0.25, 0.3) is 0 Å². The van der Waals surface area contributed by atoms with Gasteiger partial charge in [0.15, 0.2) is 5.78 Å². The van der Waals surface area contributed by atoms with E-state index in [0.29, 0.717) is 13.0 Å². The molecule has 1 aromatic rings. The number of hydrogen-bond donors (Lipinski definition) is 0. The van der Waals surface area contributed by atoms with Crippen molar-refractivity contribution in [3.63, 3.8) is 0 Å². The topological polar surface area (TPSA) is 43.4 Å². The van der Waals surface area contributed by atoms with Crippen LogP contribution in [0.3, 0.4) is 0 Å². The Kier molecular flexibility index (Phi) is 11.0. The van der Waals surface area contributed by atoms with Gasteiger partial charge in [0.1, 0.15) is 0 Å². The molecule has 0 aliphatic heterocycles. The fourth-order valence-electron chi connectivity index (χ4n) is 3.03. The van der Waals surface area contributed by atoms with E-state index in [2.05, 4.69) is 13.2 Å². The molecule has 0 radical (unpaired) electrons. The molecule has 0 N–H and O–H groups in total. The second-order valence-electron chi connectivity index (χ2n) is 6.50. The first-order chi connectivity index (χ1) is 12.6. The van der Waals surface area contributed by atoms with Crippen LogP contribution in [0.1, 0.15) is 67.8 Å². The lowest BCUT2D eigenvalue weighted by molar-refractivity contribution is -0.147. The van der Waals surface area contributed by atoms with Gasteiger partial charge >= 0.3 is 5.97 Å². The van der Waals surface area contributed by atoms with Gasteiger partial charge < -0.3 is 4.74 Å². The van der Waals surface area contributed by atoms with Crippen molar-refractivity contribution in [2.75, 3.05) is 6.61 Å². The summed E-state index contributed by atoms with van der Waals surface area (Å²) in [6.45, 7) is 9.52. The van der Waals surface area contributed by atoms with Crippen LogP contribution in [0, 0.1) is 5.92 Å². The van der Waals surface area contributed by atoms with E-state index in [1.165, 1.54) is 12.8 Å². The smallest absolute Gasteiger partial charge is 0.309 e. The Balaban J connectivity index is 2.68. The molecule has 0 aromatic heterocycles. The summed E-state index contributed by atoms with van der Waals surface area (Å²) in [5.74, 6) is -0.764. The molecular weight excluding hydrogens is 324 g/mol. The highest BCUT2D eigenvalue weighted by atomic mass is 16.5. The van der Waals surface area contributed by atoms with Crippen LogP contribution in [-0.4, -0.2) is 18.4 Å². The number of ether oxygens (including phenoxy) is 1. The van der Waals surface area contributed by atoms with Crippen molar-refractivity contribution in [1.82, 2.24) is 0 Å². The molecule has 0 amide bonds. The third kappa shape index (κ3) is 7.81. The zero-order valence-electron chi connectivity index (χ0n) is 16.0. The number of esters is 1. The van der Waals surface area contributed by atoms with Crippen LogP contribution in [0.4, 0.5) is 0 Å². The van der Waals surface area contributed by atoms with Crippen molar-refractivity contribution >= 4 is 11.8 Å². The highest BCUT2D eigenvalue weighted by molar-refractivity contribution is 5.99. The molecule has 1 rings (SSSR count). The number of hydrogen-bond acceptors (Lipinski definition) is 3. The minimum Gasteiger partial charge on any atom is -0.466 e. The van der Waals surface area contributed by atoms with E-state index < -0.39 is 5.92 Å². The zero-order valence-corrected chi connectivity index (χ0v) is 16.0. The molecule has 0 saturated carbocycles. The number of allylic oxidation sites excluding steroid dienone is 2.